The number of pyridine rings is 1. The molecule has 0 radical (unpaired) electrons. The van der Waals surface area contributed by atoms with Crippen LogP contribution in [0.15, 0.2) is 18.5 Å². The summed E-state index contributed by atoms with van der Waals surface area (Å²) >= 11 is 0. The van der Waals surface area contributed by atoms with Crippen molar-refractivity contribution in [1.29, 1.82) is 0 Å². The number of nitrogens with one attached hydrogen (secondary N) is 2. The number of amides is 1. The van der Waals surface area contributed by atoms with Crippen molar-refractivity contribution in [2.45, 2.75) is 12.5 Å². The van der Waals surface area contributed by atoms with Crippen LogP contribution in [-0.2, 0) is 0 Å². The van der Waals surface area contributed by atoms with Gasteiger partial charge in [0, 0.05) is 37.7 Å². The number of carbonyl (C=O) groups excluding carboxylic acids is 1. The minimum Gasteiger partial charge on any atom is -0.387 e. The normalized spacial score (nSPS) is 20.2. The first kappa shape index (κ1) is 11.9. The van der Waals surface area contributed by atoms with Crippen LogP contribution < -0.4 is 10.6 Å². The monoisotopic (exact) mass is 234 g/mol. The van der Waals surface area contributed by atoms with Gasteiger partial charge in [-0.15, -0.1) is 0 Å². The molecule has 0 bridgehead atoms. The zero-order valence-electron chi connectivity index (χ0n) is 10.2. The van der Waals surface area contributed by atoms with Crippen molar-refractivity contribution >= 4 is 11.6 Å². The quantitative estimate of drug-likeness (QED) is 0.802. The van der Waals surface area contributed by atoms with Crippen LogP contribution in [0.4, 0.5) is 5.69 Å². The molecule has 1 aliphatic rings. The molecule has 0 aliphatic carbocycles. The molecule has 1 saturated heterocycles. The van der Waals surface area contributed by atoms with E-state index in [4.69, 9.17) is 0 Å². The Morgan fingerprint density at radius 3 is 3.06 bits per heavy atom. The van der Waals surface area contributed by atoms with E-state index in [1.165, 1.54) is 0 Å². The maximum Gasteiger partial charge on any atom is 0.255 e. The summed E-state index contributed by atoms with van der Waals surface area (Å²) in [7, 11) is 3.87. The second-order valence-corrected chi connectivity index (χ2v) is 4.39. The number of nitrogens with zero attached hydrogens (tertiary/aromatic N) is 2. The summed E-state index contributed by atoms with van der Waals surface area (Å²) in [5.74, 6) is -0.0530. The molecule has 1 amide bonds. The Morgan fingerprint density at radius 1 is 1.59 bits per heavy atom. The number of hydrogen-bond donors (Lipinski definition) is 2. The standard InChI is InChI=1S/C12H18N4O/c1-13-11-3-5-14-7-10(11)12(17)15-9-4-6-16(2)8-9/h3,5,7,9H,4,6,8H2,1-2H3,(H,13,14)(H,15,17). The lowest BCUT2D eigenvalue weighted by molar-refractivity contribution is 0.0939. The molecule has 92 valence electrons. The molecule has 2 N–H and O–H groups in total. The van der Waals surface area contributed by atoms with Crippen molar-refractivity contribution in [2.24, 2.45) is 0 Å². The van der Waals surface area contributed by atoms with E-state index in [2.05, 4.69) is 27.6 Å². The highest BCUT2D eigenvalue weighted by molar-refractivity contribution is 5.99. The summed E-state index contributed by atoms with van der Waals surface area (Å²) < 4.78 is 0. The number of carbonyl (C=O) groups is 1. The van der Waals surface area contributed by atoms with Gasteiger partial charge in [0.25, 0.3) is 5.91 Å². The summed E-state index contributed by atoms with van der Waals surface area (Å²) in [6.07, 6.45) is 4.28. The maximum absolute atomic E-state index is 12.1. The predicted molar refractivity (Wildman–Crippen MR) is 67.2 cm³/mol. The number of rotatable bonds is 3. The first-order chi connectivity index (χ1) is 8.20. The zero-order chi connectivity index (χ0) is 12.3. The van der Waals surface area contributed by atoms with Crippen LogP contribution in [0.2, 0.25) is 0 Å². The largest absolute Gasteiger partial charge is 0.387 e. The summed E-state index contributed by atoms with van der Waals surface area (Å²) in [4.78, 5) is 18.3. The van der Waals surface area contributed by atoms with Crippen LogP contribution in [0.25, 0.3) is 0 Å². The number of likely N-dealkylation sites (tertiary alicyclic amines) is 1. The van der Waals surface area contributed by atoms with Crippen LogP contribution in [0, 0.1) is 0 Å². The molecule has 1 unspecified atom stereocenters. The lowest BCUT2D eigenvalue weighted by Crippen LogP contribution is -2.36. The molecule has 1 aliphatic heterocycles. The topological polar surface area (TPSA) is 57.3 Å². The molecule has 2 heterocycles. The van der Waals surface area contributed by atoms with E-state index in [1.54, 1.807) is 25.5 Å². The van der Waals surface area contributed by atoms with Gasteiger partial charge in [0.2, 0.25) is 0 Å². The van der Waals surface area contributed by atoms with Crippen molar-refractivity contribution in [3.8, 4) is 0 Å². The van der Waals surface area contributed by atoms with Gasteiger partial charge in [-0.1, -0.05) is 0 Å². The molecular weight excluding hydrogens is 216 g/mol. The lowest BCUT2D eigenvalue weighted by Gasteiger charge is -2.14. The van der Waals surface area contributed by atoms with Crippen molar-refractivity contribution < 1.29 is 4.79 Å². The highest BCUT2D eigenvalue weighted by atomic mass is 16.1. The second-order valence-electron chi connectivity index (χ2n) is 4.39. The van der Waals surface area contributed by atoms with E-state index in [0.29, 0.717) is 5.56 Å². The van der Waals surface area contributed by atoms with Crippen LogP contribution >= 0.6 is 0 Å². The highest BCUT2D eigenvalue weighted by Crippen LogP contribution is 2.14. The Bertz CT molecular complexity index is 407. The summed E-state index contributed by atoms with van der Waals surface area (Å²) in [6, 6.07) is 2.05. The molecule has 1 aromatic heterocycles. The fourth-order valence-corrected chi connectivity index (χ4v) is 2.11. The van der Waals surface area contributed by atoms with E-state index >= 15 is 0 Å². The summed E-state index contributed by atoms with van der Waals surface area (Å²) in [5, 5.41) is 6.04. The molecule has 0 aromatic carbocycles. The van der Waals surface area contributed by atoms with Crippen LogP contribution in [-0.4, -0.2) is 49.0 Å². The average molecular weight is 234 g/mol. The number of anilines is 1. The van der Waals surface area contributed by atoms with Crippen molar-refractivity contribution in [3.05, 3.63) is 24.0 Å². The number of aromatic nitrogens is 1. The van der Waals surface area contributed by atoms with Crippen LogP contribution in [0.3, 0.4) is 0 Å². The van der Waals surface area contributed by atoms with Crippen molar-refractivity contribution in [2.75, 3.05) is 32.5 Å². The van der Waals surface area contributed by atoms with Gasteiger partial charge in [0.05, 0.1) is 5.56 Å². The van der Waals surface area contributed by atoms with E-state index < -0.39 is 0 Å². The SMILES string of the molecule is CNc1ccncc1C(=O)NC1CCN(C)C1. The Morgan fingerprint density at radius 2 is 2.41 bits per heavy atom. The lowest BCUT2D eigenvalue weighted by atomic mass is 10.2. The minimum atomic E-state index is -0.0530. The van der Waals surface area contributed by atoms with E-state index in [0.717, 1.165) is 25.2 Å². The Balaban J connectivity index is 2.04. The molecular formula is C12H18N4O. The minimum absolute atomic E-state index is 0.0530. The third kappa shape index (κ3) is 2.74. The van der Waals surface area contributed by atoms with Crippen molar-refractivity contribution in [3.63, 3.8) is 0 Å². The predicted octanol–water partition coefficient (Wildman–Crippen LogP) is 0.557. The molecule has 0 saturated carbocycles. The molecule has 5 nitrogen and oxygen atoms in total. The fourth-order valence-electron chi connectivity index (χ4n) is 2.11. The zero-order valence-corrected chi connectivity index (χ0v) is 10.2. The van der Waals surface area contributed by atoms with Gasteiger partial charge in [-0.05, 0) is 26.1 Å². The fraction of sp³-hybridized carbons (Fsp3) is 0.500. The van der Waals surface area contributed by atoms with Gasteiger partial charge in [-0.2, -0.15) is 0 Å². The van der Waals surface area contributed by atoms with Gasteiger partial charge in [-0.25, -0.2) is 0 Å². The number of hydrogen-bond acceptors (Lipinski definition) is 4. The van der Waals surface area contributed by atoms with Gasteiger partial charge in [0.15, 0.2) is 0 Å². The number of likely N-dealkylation sites (N-methyl/N-ethyl adjacent to an activating group) is 1. The van der Waals surface area contributed by atoms with E-state index in [-0.39, 0.29) is 11.9 Å². The Kier molecular flexibility index (Phi) is 3.58. The first-order valence-electron chi connectivity index (χ1n) is 5.82. The summed E-state index contributed by atoms with van der Waals surface area (Å²) in [6.45, 7) is 1.96. The molecule has 2 rings (SSSR count). The van der Waals surface area contributed by atoms with E-state index in [9.17, 15) is 4.79 Å². The van der Waals surface area contributed by atoms with E-state index in [1.807, 2.05) is 0 Å². The molecule has 1 aromatic rings. The first-order valence-corrected chi connectivity index (χ1v) is 5.82. The smallest absolute Gasteiger partial charge is 0.255 e. The molecule has 1 fully saturated rings. The van der Waals surface area contributed by atoms with Gasteiger partial charge in [-0.3, -0.25) is 9.78 Å². The van der Waals surface area contributed by atoms with Crippen LogP contribution in [0.5, 0.6) is 0 Å². The van der Waals surface area contributed by atoms with Gasteiger partial charge >= 0.3 is 0 Å². The maximum atomic E-state index is 12.1. The Labute approximate surface area is 101 Å². The van der Waals surface area contributed by atoms with Crippen molar-refractivity contribution in [1.82, 2.24) is 15.2 Å². The molecule has 17 heavy (non-hydrogen) atoms. The molecule has 5 heteroatoms. The third-order valence-electron chi connectivity index (χ3n) is 3.06. The summed E-state index contributed by atoms with van der Waals surface area (Å²) in [5.41, 5.74) is 1.41. The second kappa shape index (κ2) is 5.14. The Hall–Kier alpha value is -1.62. The van der Waals surface area contributed by atoms with Crippen LogP contribution in [0.1, 0.15) is 16.8 Å². The van der Waals surface area contributed by atoms with Gasteiger partial charge in [0.1, 0.15) is 0 Å². The van der Waals surface area contributed by atoms with Gasteiger partial charge < -0.3 is 15.5 Å². The average Bonchev–Trinajstić information content (AvgIpc) is 2.74. The molecule has 1 atom stereocenters. The highest BCUT2D eigenvalue weighted by Gasteiger charge is 2.22. The third-order valence-corrected chi connectivity index (χ3v) is 3.06. The molecule has 0 spiro atoms.